The Hall–Kier alpha value is -1.40. The largest absolute Gasteiger partial charge is 0.354 e. The van der Waals surface area contributed by atoms with Crippen molar-refractivity contribution in [3.63, 3.8) is 0 Å². The zero-order valence-electron chi connectivity index (χ0n) is 14.5. The molecule has 1 aliphatic carbocycles. The second kappa shape index (κ2) is 7.66. The molecule has 1 aliphatic heterocycles. The monoisotopic (exact) mass is 349 g/mol. The van der Waals surface area contributed by atoms with Crippen molar-refractivity contribution in [1.82, 2.24) is 15.1 Å². The predicted molar refractivity (Wildman–Crippen MR) is 95.8 cm³/mol. The fourth-order valence-electron chi connectivity index (χ4n) is 3.36. The van der Waals surface area contributed by atoms with Gasteiger partial charge in [0, 0.05) is 31.5 Å². The van der Waals surface area contributed by atoms with Gasteiger partial charge in [-0.15, -0.1) is 0 Å². The molecule has 1 saturated carbocycles. The number of nitrogens with zero attached hydrogens (tertiary/aromatic N) is 2. The number of amides is 2. The van der Waals surface area contributed by atoms with Gasteiger partial charge in [-0.3, -0.25) is 9.59 Å². The molecule has 2 amide bonds. The summed E-state index contributed by atoms with van der Waals surface area (Å²) in [6.45, 7) is 2.09. The molecule has 1 aromatic rings. The lowest BCUT2D eigenvalue weighted by Crippen LogP contribution is -2.44. The molecule has 1 N–H and O–H groups in total. The fraction of sp³-hybridized carbons (Fsp3) is 0.667. The molecule has 0 spiro atoms. The molecule has 1 atom stereocenters. The van der Waals surface area contributed by atoms with Crippen LogP contribution in [0.2, 0.25) is 0 Å². The zero-order chi connectivity index (χ0) is 17.1. The van der Waals surface area contributed by atoms with Crippen LogP contribution >= 0.6 is 11.3 Å². The highest BCUT2D eigenvalue weighted by molar-refractivity contribution is 7.07. The highest BCUT2D eigenvalue weighted by Crippen LogP contribution is 2.32. The molecule has 0 unspecified atom stereocenters. The van der Waals surface area contributed by atoms with Gasteiger partial charge in [-0.2, -0.15) is 11.3 Å². The maximum Gasteiger partial charge on any atom is 0.225 e. The van der Waals surface area contributed by atoms with Gasteiger partial charge in [0.25, 0.3) is 0 Å². The van der Waals surface area contributed by atoms with E-state index in [9.17, 15) is 9.59 Å². The van der Waals surface area contributed by atoms with E-state index in [0.717, 1.165) is 38.8 Å². The number of likely N-dealkylation sites (tertiary alicyclic amines) is 1. The van der Waals surface area contributed by atoms with Crippen LogP contribution in [0.25, 0.3) is 0 Å². The SMILES string of the molecule is CN(C)[C@@H](CNC(=O)C1CCN(C(=O)C2CC2)CC1)c1ccsc1. The number of piperidine rings is 1. The summed E-state index contributed by atoms with van der Waals surface area (Å²) in [5.41, 5.74) is 1.25. The summed E-state index contributed by atoms with van der Waals surface area (Å²) in [5, 5.41) is 7.33. The summed E-state index contributed by atoms with van der Waals surface area (Å²) in [7, 11) is 4.08. The van der Waals surface area contributed by atoms with E-state index in [1.807, 2.05) is 19.0 Å². The average molecular weight is 350 g/mol. The Morgan fingerprint density at radius 3 is 2.50 bits per heavy atom. The van der Waals surface area contributed by atoms with E-state index in [-0.39, 0.29) is 23.8 Å². The molecule has 1 aromatic heterocycles. The van der Waals surface area contributed by atoms with Crippen LogP contribution in [0.5, 0.6) is 0 Å². The highest BCUT2D eigenvalue weighted by Gasteiger charge is 2.36. The van der Waals surface area contributed by atoms with E-state index in [2.05, 4.69) is 27.0 Å². The van der Waals surface area contributed by atoms with Crippen LogP contribution in [0, 0.1) is 11.8 Å². The van der Waals surface area contributed by atoms with Crippen molar-refractivity contribution < 1.29 is 9.59 Å². The predicted octanol–water partition coefficient (Wildman–Crippen LogP) is 2.12. The number of nitrogens with one attached hydrogen (secondary N) is 1. The van der Waals surface area contributed by atoms with Crippen LogP contribution in [0.4, 0.5) is 0 Å². The van der Waals surface area contributed by atoms with Crippen LogP contribution in [-0.4, -0.2) is 55.3 Å². The van der Waals surface area contributed by atoms with Crippen molar-refractivity contribution in [2.24, 2.45) is 11.8 Å². The zero-order valence-corrected chi connectivity index (χ0v) is 15.3. The van der Waals surface area contributed by atoms with Crippen LogP contribution < -0.4 is 5.32 Å². The van der Waals surface area contributed by atoms with Crippen molar-refractivity contribution in [2.75, 3.05) is 33.7 Å². The molecule has 0 radical (unpaired) electrons. The number of carbonyl (C=O) groups excluding carboxylic acids is 2. The fourth-order valence-corrected chi connectivity index (χ4v) is 4.06. The molecule has 1 saturated heterocycles. The lowest BCUT2D eigenvalue weighted by molar-refractivity contribution is -0.136. The number of likely N-dealkylation sites (N-methyl/N-ethyl adjacent to an activating group) is 1. The van der Waals surface area contributed by atoms with Crippen molar-refractivity contribution in [2.45, 2.75) is 31.7 Å². The van der Waals surface area contributed by atoms with Crippen LogP contribution in [0.1, 0.15) is 37.3 Å². The standard InChI is InChI=1S/C18H27N3O2S/c1-20(2)16(15-7-10-24-12-15)11-19-17(22)13-5-8-21(9-6-13)18(23)14-3-4-14/h7,10,12-14,16H,3-6,8-9,11H2,1-2H3,(H,19,22)/t16-/m0/s1. The molecular formula is C18H27N3O2S. The Morgan fingerprint density at radius 2 is 1.96 bits per heavy atom. The van der Waals surface area contributed by atoms with Gasteiger partial charge in [0.2, 0.25) is 11.8 Å². The first-order valence-electron chi connectivity index (χ1n) is 8.81. The molecule has 3 rings (SSSR count). The Balaban J connectivity index is 1.46. The molecule has 5 nitrogen and oxygen atoms in total. The van der Waals surface area contributed by atoms with Gasteiger partial charge in [0.15, 0.2) is 0 Å². The van der Waals surface area contributed by atoms with Crippen molar-refractivity contribution in [3.05, 3.63) is 22.4 Å². The lowest BCUT2D eigenvalue weighted by Gasteiger charge is -2.32. The molecule has 132 valence electrons. The molecule has 0 aromatic carbocycles. The summed E-state index contributed by atoms with van der Waals surface area (Å²) in [6.07, 6.45) is 3.67. The van der Waals surface area contributed by atoms with Gasteiger partial charge < -0.3 is 15.1 Å². The molecular weight excluding hydrogens is 322 g/mol. The van der Waals surface area contributed by atoms with E-state index < -0.39 is 0 Å². The second-order valence-corrected chi connectivity index (χ2v) is 7.94. The van der Waals surface area contributed by atoms with E-state index in [0.29, 0.717) is 12.5 Å². The third-order valence-electron chi connectivity index (χ3n) is 5.12. The molecule has 2 aliphatic rings. The average Bonchev–Trinajstić information content (AvgIpc) is 3.30. The maximum absolute atomic E-state index is 12.5. The van der Waals surface area contributed by atoms with E-state index in [4.69, 9.17) is 0 Å². The normalized spacial score (nSPS) is 20.2. The number of rotatable bonds is 6. The number of hydrogen-bond acceptors (Lipinski definition) is 4. The molecule has 2 fully saturated rings. The first-order valence-corrected chi connectivity index (χ1v) is 9.75. The third kappa shape index (κ3) is 4.16. The summed E-state index contributed by atoms with van der Waals surface area (Å²) in [6, 6.07) is 2.32. The van der Waals surface area contributed by atoms with Crippen molar-refractivity contribution >= 4 is 23.2 Å². The van der Waals surface area contributed by atoms with Crippen LogP contribution in [-0.2, 0) is 9.59 Å². The third-order valence-corrected chi connectivity index (χ3v) is 5.83. The Kier molecular flexibility index (Phi) is 5.56. The van der Waals surface area contributed by atoms with Crippen LogP contribution in [0.15, 0.2) is 16.8 Å². The molecule has 0 bridgehead atoms. The number of carbonyl (C=O) groups is 2. The first-order chi connectivity index (χ1) is 11.6. The number of thiophene rings is 1. The number of hydrogen-bond donors (Lipinski definition) is 1. The van der Waals surface area contributed by atoms with E-state index in [1.165, 1.54) is 5.56 Å². The van der Waals surface area contributed by atoms with Crippen molar-refractivity contribution in [3.8, 4) is 0 Å². The maximum atomic E-state index is 12.5. The summed E-state index contributed by atoms with van der Waals surface area (Å²) < 4.78 is 0. The van der Waals surface area contributed by atoms with Gasteiger partial charge in [0.1, 0.15) is 0 Å². The smallest absolute Gasteiger partial charge is 0.225 e. The second-order valence-electron chi connectivity index (χ2n) is 7.16. The highest BCUT2D eigenvalue weighted by atomic mass is 32.1. The van der Waals surface area contributed by atoms with Gasteiger partial charge in [-0.1, -0.05) is 0 Å². The molecule has 6 heteroatoms. The van der Waals surface area contributed by atoms with E-state index >= 15 is 0 Å². The minimum absolute atomic E-state index is 0.0403. The Bertz CT molecular complexity index is 561. The van der Waals surface area contributed by atoms with Crippen molar-refractivity contribution in [1.29, 1.82) is 0 Å². The molecule has 2 heterocycles. The lowest BCUT2D eigenvalue weighted by atomic mass is 9.95. The summed E-state index contributed by atoms with van der Waals surface area (Å²) in [4.78, 5) is 28.7. The Labute approximate surface area is 148 Å². The van der Waals surface area contributed by atoms with Gasteiger partial charge in [-0.25, -0.2) is 0 Å². The molecule has 24 heavy (non-hydrogen) atoms. The van der Waals surface area contributed by atoms with E-state index in [1.54, 1.807) is 11.3 Å². The Morgan fingerprint density at radius 1 is 1.25 bits per heavy atom. The topological polar surface area (TPSA) is 52.7 Å². The summed E-state index contributed by atoms with van der Waals surface area (Å²) in [5.74, 6) is 0.759. The van der Waals surface area contributed by atoms with Crippen LogP contribution in [0.3, 0.4) is 0 Å². The quantitative estimate of drug-likeness (QED) is 0.856. The van der Waals surface area contributed by atoms with Gasteiger partial charge in [0.05, 0.1) is 6.04 Å². The first kappa shape index (κ1) is 17.4. The summed E-state index contributed by atoms with van der Waals surface area (Å²) >= 11 is 1.68. The van der Waals surface area contributed by atoms with Gasteiger partial charge >= 0.3 is 0 Å². The minimum atomic E-state index is 0.0403. The van der Waals surface area contributed by atoms with Gasteiger partial charge in [-0.05, 0) is 62.2 Å². The minimum Gasteiger partial charge on any atom is -0.354 e.